The highest BCUT2D eigenvalue weighted by atomic mass is 32.2. The molecule has 2 aromatic rings. The zero-order valence-electron chi connectivity index (χ0n) is 8.08. The predicted molar refractivity (Wildman–Crippen MR) is 58.0 cm³/mol. The topological polar surface area (TPSA) is 114 Å². The Morgan fingerprint density at radius 2 is 2.25 bits per heavy atom. The van der Waals surface area contributed by atoms with Crippen molar-refractivity contribution >= 4 is 21.5 Å². The summed E-state index contributed by atoms with van der Waals surface area (Å²) in [5, 5.41) is -0.0439. The van der Waals surface area contributed by atoms with Crippen molar-refractivity contribution in [3.8, 4) is 0 Å². The minimum Gasteiger partial charge on any atom is -0.396 e. The molecule has 4 N–H and O–H groups in total. The van der Waals surface area contributed by atoms with Crippen molar-refractivity contribution in [2.45, 2.75) is 5.03 Å². The van der Waals surface area contributed by atoms with Crippen molar-refractivity contribution < 1.29 is 8.42 Å². The second-order valence-corrected chi connectivity index (χ2v) is 4.61. The van der Waals surface area contributed by atoms with Gasteiger partial charge in [-0.2, -0.15) is 8.42 Å². The number of hydrogen-bond acceptors (Lipinski definition) is 5. The molecule has 8 heteroatoms. The van der Waals surface area contributed by atoms with E-state index in [1.54, 1.807) is 12.1 Å². The van der Waals surface area contributed by atoms with Crippen LogP contribution in [0.15, 0.2) is 35.9 Å². The van der Waals surface area contributed by atoms with Crippen LogP contribution in [0, 0.1) is 0 Å². The molecule has 0 atom stereocenters. The summed E-state index contributed by atoms with van der Waals surface area (Å²) in [5.41, 5.74) is 5.82. The average molecular weight is 239 g/mol. The molecule has 0 aliphatic heterocycles. The molecule has 0 amide bonds. The number of nitrogens with two attached hydrogens (primary N) is 1. The number of imidazole rings is 1. The molecule has 0 aromatic carbocycles. The Balaban J connectivity index is 2.33. The van der Waals surface area contributed by atoms with E-state index in [-0.39, 0.29) is 16.5 Å². The fraction of sp³-hybridized carbons (Fsp3) is 0. The van der Waals surface area contributed by atoms with Crippen LogP contribution in [0.2, 0.25) is 0 Å². The van der Waals surface area contributed by atoms with Gasteiger partial charge in [0.2, 0.25) is 0 Å². The summed E-state index contributed by atoms with van der Waals surface area (Å²) >= 11 is 0. The van der Waals surface area contributed by atoms with Crippen molar-refractivity contribution in [1.29, 1.82) is 0 Å². The minimum atomic E-state index is -3.70. The summed E-state index contributed by atoms with van der Waals surface area (Å²) in [5.74, 6) is 0.0945. The number of pyridine rings is 1. The molecule has 2 rings (SSSR count). The summed E-state index contributed by atoms with van der Waals surface area (Å²) in [7, 11) is -3.70. The van der Waals surface area contributed by atoms with E-state index in [2.05, 4.69) is 19.7 Å². The number of hydrogen-bond donors (Lipinski definition) is 3. The van der Waals surface area contributed by atoms with Crippen molar-refractivity contribution in [1.82, 2.24) is 15.0 Å². The summed E-state index contributed by atoms with van der Waals surface area (Å²) in [4.78, 5) is 9.94. The van der Waals surface area contributed by atoms with E-state index in [1.807, 2.05) is 0 Å². The first-order valence-corrected chi connectivity index (χ1v) is 5.79. The lowest BCUT2D eigenvalue weighted by molar-refractivity contribution is 0.598. The van der Waals surface area contributed by atoms with Gasteiger partial charge in [-0.1, -0.05) is 0 Å². The summed E-state index contributed by atoms with van der Waals surface area (Å²) < 4.78 is 25.7. The molecule has 0 spiro atoms. The molecule has 0 aliphatic rings. The predicted octanol–water partition coefficient (Wildman–Crippen LogP) is 0.188. The zero-order chi connectivity index (χ0) is 11.6. The van der Waals surface area contributed by atoms with Gasteiger partial charge < -0.3 is 10.7 Å². The third-order valence-electron chi connectivity index (χ3n) is 1.83. The van der Waals surface area contributed by atoms with Gasteiger partial charge in [0.25, 0.3) is 10.0 Å². The first-order valence-electron chi connectivity index (χ1n) is 4.31. The molecule has 2 aromatic heterocycles. The van der Waals surface area contributed by atoms with Gasteiger partial charge in [0.1, 0.15) is 0 Å². The number of nitrogens with zero attached hydrogens (tertiary/aromatic N) is 2. The SMILES string of the molecule is Nc1cccnc1NS(=O)(=O)c1cnc[nH]1. The molecule has 0 saturated carbocycles. The molecule has 0 bridgehead atoms. The molecule has 2 heterocycles. The van der Waals surface area contributed by atoms with Crippen LogP contribution in [0.3, 0.4) is 0 Å². The van der Waals surface area contributed by atoms with Gasteiger partial charge in [-0.15, -0.1) is 0 Å². The van der Waals surface area contributed by atoms with Gasteiger partial charge in [-0.05, 0) is 12.1 Å². The highest BCUT2D eigenvalue weighted by Gasteiger charge is 2.17. The second kappa shape index (κ2) is 3.81. The van der Waals surface area contributed by atoms with Crippen molar-refractivity contribution in [3.63, 3.8) is 0 Å². The van der Waals surface area contributed by atoms with Crippen LogP contribution < -0.4 is 10.5 Å². The van der Waals surface area contributed by atoms with E-state index < -0.39 is 10.0 Å². The normalized spacial score (nSPS) is 11.2. The Kier molecular flexibility index (Phi) is 2.49. The Bertz CT molecular complexity index is 578. The van der Waals surface area contributed by atoms with E-state index in [0.29, 0.717) is 0 Å². The molecular formula is C8H9N5O2S. The van der Waals surface area contributed by atoms with Gasteiger partial charge in [-0.25, -0.2) is 9.97 Å². The third-order valence-corrected chi connectivity index (χ3v) is 3.10. The van der Waals surface area contributed by atoms with E-state index in [4.69, 9.17) is 5.73 Å². The second-order valence-electron chi connectivity index (χ2n) is 2.96. The van der Waals surface area contributed by atoms with Gasteiger partial charge in [0.15, 0.2) is 10.8 Å². The van der Waals surface area contributed by atoms with Crippen LogP contribution in [0.25, 0.3) is 0 Å². The number of sulfonamides is 1. The number of aromatic amines is 1. The van der Waals surface area contributed by atoms with E-state index >= 15 is 0 Å². The number of aromatic nitrogens is 3. The molecule has 0 saturated heterocycles. The summed E-state index contributed by atoms with van der Waals surface area (Å²) in [6.07, 6.45) is 3.92. The maximum Gasteiger partial charge on any atom is 0.280 e. The van der Waals surface area contributed by atoms with Crippen molar-refractivity contribution in [2.75, 3.05) is 10.5 Å². The summed E-state index contributed by atoms with van der Waals surface area (Å²) in [6, 6.07) is 3.17. The number of nitrogens with one attached hydrogen (secondary N) is 2. The maximum absolute atomic E-state index is 11.7. The van der Waals surface area contributed by atoms with Crippen LogP contribution in [0.1, 0.15) is 0 Å². The number of rotatable bonds is 3. The van der Waals surface area contributed by atoms with Gasteiger partial charge in [0, 0.05) is 6.20 Å². The van der Waals surface area contributed by atoms with Crippen LogP contribution >= 0.6 is 0 Å². The minimum absolute atomic E-state index is 0.0439. The largest absolute Gasteiger partial charge is 0.396 e. The standard InChI is InChI=1S/C8H9N5O2S/c9-6-2-1-3-11-8(6)13-16(14,15)7-4-10-5-12-7/h1-5H,9H2,(H,10,12)(H,11,13). The number of H-pyrrole nitrogens is 1. The fourth-order valence-corrected chi connectivity index (χ4v) is 2.02. The van der Waals surface area contributed by atoms with Crippen molar-refractivity contribution in [2.24, 2.45) is 0 Å². The Morgan fingerprint density at radius 1 is 1.44 bits per heavy atom. The molecule has 0 radical (unpaired) electrons. The lowest BCUT2D eigenvalue weighted by atomic mass is 10.4. The van der Waals surface area contributed by atoms with Crippen LogP contribution in [0.4, 0.5) is 11.5 Å². The summed E-state index contributed by atoms with van der Waals surface area (Å²) in [6.45, 7) is 0. The van der Waals surface area contributed by atoms with Crippen LogP contribution in [0.5, 0.6) is 0 Å². The fourth-order valence-electron chi connectivity index (χ4n) is 1.08. The first kappa shape index (κ1) is 10.4. The average Bonchev–Trinajstić information content (AvgIpc) is 2.75. The van der Waals surface area contributed by atoms with E-state index in [9.17, 15) is 8.42 Å². The Hall–Kier alpha value is -2.09. The van der Waals surface area contributed by atoms with E-state index in [1.165, 1.54) is 18.7 Å². The highest BCUT2D eigenvalue weighted by Crippen LogP contribution is 2.17. The lowest BCUT2D eigenvalue weighted by Gasteiger charge is -2.06. The molecule has 0 fully saturated rings. The number of anilines is 2. The quantitative estimate of drug-likeness (QED) is 0.707. The lowest BCUT2D eigenvalue weighted by Crippen LogP contribution is -2.15. The molecule has 16 heavy (non-hydrogen) atoms. The first-order chi connectivity index (χ1) is 7.59. The van der Waals surface area contributed by atoms with Crippen LogP contribution in [-0.2, 0) is 10.0 Å². The van der Waals surface area contributed by atoms with Gasteiger partial charge >= 0.3 is 0 Å². The zero-order valence-corrected chi connectivity index (χ0v) is 8.90. The molecule has 0 aliphatic carbocycles. The Morgan fingerprint density at radius 3 is 2.88 bits per heavy atom. The molecule has 0 unspecified atom stereocenters. The van der Waals surface area contributed by atoms with Crippen molar-refractivity contribution in [3.05, 3.63) is 30.9 Å². The smallest absolute Gasteiger partial charge is 0.280 e. The van der Waals surface area contributed by atoms with E-state index in [0.717, 1.165) is 0 Å². The van der Waals surface area contributed by atoms with Gasteiger partial charge in [0.05, 0.1) is 18.2 Å². The maximum atomic E-state index is 11.7. The van der Waals surface area contributed by atoms with Crippen LogP contribution in [-0.4, -0.2) is 23.4 Å². The molecular weight excluding hydrogens is 230 g/mol. The highest BCUT2D eigenvalue weighted by molar-refractivity contribution is 7.92. The van der Waals surface area contributed by atoms with Gasteiger partial charge in [-0.3, -0.25) is 4.72 Å². The third kappa shape index (κ3) is 1.96. The monoisotopic (exact) mass is 239 g/mol. The number of nitrogen functional groups attached to an aromatic ring is 1. The molecule has 7 nitrogen and oxygen atoms in total. The molecule has 84 valence electrons. The Labute approximate surface area is 91.8 Å².